The predicted octanol–water partition coefficient (Wildman–Crippen LogP) is 5.02. The Kier molecular flexibility index (Phi) is 3.81. The van der Waals surface area contributed by atoms with Crippen LogP contribution in [0.5, 0.6) is 5.75 Å². The van der Waals surface area contributed by atoms with Crippen LogP contribution in [0.4, 0.5) is 5.69 Å². The third kappa shape index (κ3) is 2.86. The van der Waals surface area contributed by atoms with Crippen LogP contribution in [0.3, 0.4) is 0 Å². The Morgan fingerprint density at radius 3 is 2.38 bits per heavy atom. The average Bonchev–Trinajstić information content (AvgIpc) is 2.43. The summed E-state index contributed by atoms with van der Waals surface area (Å²) in [6.07, 6.45) is 2.24. The van der Waals surface area contributed by atoms with Gasteiger partial charge >= 0.3 is 0 Å². The fourth-order valence-corrected chi connectivity index (χ4v) is 3.08. The Morgan fingerprint density at radius 2 is 1.71 bits per heavy atom. The molecule has 0 atom stereocenters. The van der Waals surface area contributed by atoms with Gasteiger partial charge in [0.15, 0.2) is 0 Å². The largest absolute Gasteiger partial charge is 0.507 e. The van der Waals surface area contributed by atoms with E-state index in [1.165, 1.54) is 5.56 Å². The highest BCUT2D eigenvalue weighted by atomic mass is 35.5. The minimum absolute atomic E-state index is 0.397. The molecule has 1 saturated carbocycles. The van der Waals surface area contributed by atoms with Crippen LogP contribution in [0, 0.1) is 13.8 Å². The van der Waals surface area contributed by atoms with E-state index in [9.17, 15) is 5.11 Å². The molecule has 2 N–H and O–H groups in total. The molecule has 2 aromatic rings. The molecule has 2 aromatic carbocycles. The molecule has 3 heteroatoms. The Morgan fingerprint density at radius 1 is 1.05 bits per heavy atom. The first-order valence-corrected chi connectivity index (χ1v) is 7.73. The van der Waals surface area contributed by atoms with Crippen LogP contribution in [0.2, 0.25) is 5.02 Å². The van der Waals surface area contributed by atoms with Gasteiger partial charge in [-0.05, 0) is 61.9 Å². The number of hydrogen-bond acceptors (Lipinski definition) is 2. The van der Waals surface area contributed by atoms with Gasteiger partial charge in [-0.15, -0.1) is 0 Å². The maximum atomic E-state index is 9.99. The minimum atomic E-state index is 0.397. The molecular formula is C18H20ClNO. The first kappa shape index (κ1) is 14.3. The third-order valence-electron chi connectivity index (χ3n) is 4.47. The fraction of sp³-hybridized carbons (Fsp3) is 0.333. The van der Waals surface area contributed by atoms with Crippen molar-refractivity contribution in [2.24, 2.45) is 0 Å². The summed E-state index contributed by atoms with van der Waals surface area (Å²) in [5, 5.41) is 14.3. The van der Waals surface area contributed by atoms with Crippen molar-refractivity contribution in [3.8, 4) is 5.75 Å². The van der Waals surface area contributed by atoms with Gasteiger partial charge in [0, 0.05) is 22.3 Å². The molecule has 0 amide bonds. The first-order chi connectivity index (χ1) is 10.0. The van der Waals surface area contributed by atoms with Crippen LogP contribution in [0.15, 0.2) is 36.4 Å². The molecule has 1 aliphatic carbocycles. The van der Waals surface area contributed by atoms with Crippen LogP contribution < -0.4 is 5.32 Å². The van der Waals surface area contributed by atoms with Gasteiger partial charge < -0.3 is 10.4 Å². The number of aromatic hydroxyl groups is 1. The monoisotopic (exact) mass is 301 g/mol. The standard InChI is InChI=1S/C18H20ClNO/c1-11-3-8-17(12(2)18(11)21)20-16-9-14(10-16)13-4-6-15(19)7-5-13/h3-8,14,16,20-21H,9-10H2,1-2H3. The highest BCUT2D eigenvalue weighted by Gasteiger charge is 2.30. The summed E-state index contributed by atoms with van der Waals surface area (Å²) in [5.41, 5.74) is 4.26. The van der Waals surface area contributed by atoms with Crippen LogP contribution in [0.1, 0.15) is 35.4 Å². The molecular weight excluding hydrogens is 282 g/mol. The first-order valence-electron chi connectivity index (χ1n) is 7.35. The van der Waals surface area contributed by atoms with Crippen molar-refractivity contribution in [1.82, 2.24) is 0 Å². The van der Waals surface area contributed by atoms with E-state index in [0.29, 0.717) is 17.7 Å². The lowest BCUT2D eigenvalue weighted by atomic mass is 9.76. The second-order valence-corrected chi connectivity index (χ2v) is 6.40. The van der Waals surface area contributed by atoms with Gasteiger partial charge in [-0.25, -0.2) is 0 Å². The van der Waals surface area contributed by atoms with Gasteiger partial charge in [-0.1, -0.05) is 29.8 Å². The molecule has 2 nitrogen and oxygen atoms in total. The van der Waals surface area contributed by atoms with Crippen molar-refractivity contribution in [3.05, 3.63) is 58.1 Å². The molecule has 0 aliphatic heterocycles. The molecule has 3 rings (SSSR count). The zero-order valence-corrected chi connectivity index (χ0v) is 13.1. The van der Waals surface area contributed by atoms with Crippen molar-refractivity contribution in [2.45, 2.75) is 38.6 Å². The van der Waals surface area contributed by atoms with Crippen molar-refractivity contribution < 1.29 is 5.11 Å². The molecule has 21 heavy (non-hydrogen) atoms. The topological polar surface area (TPSA) is 32.3 Å². The number of aryl methyl sites for hydroxylation is 1. The van der Waals surface area contributed by atoms with Crippen LogP contribution in [-0.4, -0.2) is 11.1 Å². The van der Waals surface area contributed by atoms with Crippen molar-refractivity contribution >= 4 is 17.3 Å². The summed E-state index contributed by atoms with van der Waals surface area (Å²) >= 11 is 5.92. The van der Waals surface area contributed by atoms with Crippen LogP contribution >= 0.6 is 11.6 Å². The SMILES string of the molecule is Cc1ccc(NC2CC(c3ccc(Cl)cc3)C2)c(C)c1O. The second-order valence-electron chi connectivity index (χ2n) is 5.96. The molecule has 0 radical (unpaired) electrons. The number of phenols is 1. The molecule has 110 valence electrons. The minimum Gasteiger partial charge on any atom is -0.507 e. The molecule has 0 bridgehead atoms. The van der Waals surface area contributed by atoms with E-state index in [2.05, 4.69) is 23.5 Å². The fourth-order valence-electron chi connectivity index (χ4n) is 2.95. The van der Waals surface area contributed by atoms with E-state index in [-0.39, 0.29) is 0 Å². The van der Waals surface area contributed by atoms with Gasteiger partial charge in [0.05, 0.1) is 0 Å². The van der Waals surface area contributed by atoms with Gasteiger partial charge in [-0.2, -0.15) is 0 Å². The Balaban J connectivity index is 1.62. The van der Waals surface area contributed by atoms with E-state index >= 15 is 0 Å². The van der Waals surface area contributed by atoms with E-state index < -0.39 is 0 Å². The summed E-state index contributed by atoms with van der Waals surface area (Å²) in [6, 6.07) is 12.6. The predicted molar refractivity (Wildman–Crippen MR) is 88.4 cm³/mol. The smallest absolute Gasteiger partial charge is 0.123 e. The van der Waals surface area contributed by atoms with Crippen molar-refractivity contribution in [3.63, 3.8) is 0 Å². The quantitative estimate of drug-likeness (QED) is 0.834. The maximum Gasteiger partial charge on any atom is 0.123 e. The lowest BCUT2D eigenvalue weighted by Crippen LogP contribution is -2.34. The van der Waals surface area contributed by atoms with Crippen molar-refractivity contribution in [1.29, 1.82) is 0 Å². The number of phenolic OH excluding ortho intramolecular Hbond substituents is 1. The highest BCUT2D eigenvalue weighted by molar-refractivity contribution is 6.30. The summed E-state index contributed by atoms with van der Waals surface area (Å²) in [5.74, 6) is 1.01. The van der Waals surface area contributed by atoms with Gasteiger partial charge in [0.25, 0.3) is 0 Å². The molecule has 0 aromatic heterocycles. The van der Waals surface area contributed by atoms with Crippen LogP contribution in [0.25, 0.3) is 0 Å². The van der Waals surface area contributed by atoms with Crippen LogP contribution in [-0.2, 0) is 0 Å². The zero-order chi connectivity index (χ0) is 15.0. The molecule has 0 unspecified atom stereocenters. The molecule has 0 saturated heterocycles. The van der Waals surface area contributed by atoms with Crippen molar-refractivity contribution in [2.75, 3.05) is 5.32 Å². The third-order valence-corrected chi connectivity index (χ3v) is 4.72. The lowest BCUT2D eigenvalue weighted by Gasteiger charge is -2.37. The Hall–Kier alpha value is -1.67. The van der Waals surface area contributed by atoms with E-state index in [0.717, 1.165) is 34.7 Å². The summed E-state index contributed by atoms with van der Waals surface area (Å²) in [6.45, 7) is 3.88. The number of nitrogens with one attached hydrogen (secondary N) is 1. The average molecular weight is 302 g/mol. The number of benzene rings is 2. The molecule has 1 fully saturated rings. The Bertz CT molecular complexity index is 645. The number of anilines is 1. The van der Waals surface area contributed by atoms with E-state index in [1.807, 2.05) is 32.0 Å². The number of halogens is 1. The summed E-state index contributed by atoms with van der Waals surface area (Å²) in [7, 11) is 0. The lowest BCUT2D eigenvalue weighted by molar-refractivity contribution is 0.374. The second kappa shape index (κ2) is 5.61. The van der Waals surface area contributed by atoms with Gasteiger partial charge in [-0.3, -0.25) is 0 Å². The number of hydrogen-bond donors (Lipinski definition) is 2. The van der Waals surface area contributed by atoms with Gasteiger partial charge in [0.1, 0.15) is 5.75 Å². The highest BCUT2D eigenvalue weighted by Crippen LogP contribution is 2.40. The summed E-state index contributed by atoms with van der Waals surface area (Å²) < 4.78 is 0. The maximum absolute atomic E-state index is 9.99. The Labute approximate surface area is 130 Å². The molecule has 0 heterocycles. The zero-order valence-electron chi connectivity index (χ0n) is 12.4. The number of rotatable bonds is 3. The summed E-state index contributed by atoms with van der Waals surface area (Å²) in [4.78, 5) is 0. The molecule has 0 spiro atoms. The van der Waals surface area contributed by atoms with E-state index in [4.69, 9.17) is 11.6 Å². The van der Waals surface area contributed by atoms with Gasteiger partial charge in [0.2, 0.25) is 0 Å². The normalized spacial score (nSPS) is 20.9. The molecule has 1 aliphatic rings. The van der Waals surface area contributed by atoms with E-state index in [1.54, 1.807) is 0 Å².